The first-order valence-electron chi connectivity index (χ1n) is 7.02. The molecule has 0 saturated carbocycles. The molecule has 1 heterocycles. The average molecular weight is 390 g/mol. The number of benzene rings is 1. The van der Waals surface area contributed by atoms with Gasteiger partial charge in [-0.3, -0.25) is 0 Å². The molecule has 2 aromatic rings. The van der Waals surface area contributed by atoms with Crippen LogP contribution in [0.2, 0.25) is 14.8 Å². The Morgan fingerprint density at radius 2 is 1.81 bits per heavy atom. The molecule has 0 radical (unpaired) electrons. The van der Waals surface area contributed by atoms with Crippen LogP contribution in [0.25, 0.3) is 0 Å². The number of carbonyl (C=O) groups is 1. The molecule has 1 aromatic carbocycles. The van der Waals surface area contributed by atoms with Gasteiger partial charge >= 0.3 is 130 Å². The van der Waals surface area contributed by atoms with Crippen molar-refractivity contribution in [2.24, 2.45) is 0 Å². The Kier molecular flexibility index (Phi) is 4.98. The molecular weight excluding hydrogens is 369 g/mol. The molecule has 110 valence electrons. The van der Waals surface area contributed by atoms with Crippen LogP contribution in [0.3, 0.4) is 0 Å². The molecule has 0 saturated heterocycles. The third-order valence-electron chi connectivity index (χ3n) is 3.26. The molecule has 5 heteroatoms. The van der Waals surface area contributed by atoms with E-state index in [0.717, 1.165) is 9.27 Å². The molecule has 0 spiro atoms. The van der Waals surface area contributed by atoms with Gasteiger partial charge in [0.15, 0.2) is 0 Å². The van der Waals surface area contributed by atoms with Crippen LogP contribution in [0.5, 0.6) is 0 Å². The van der Waals surface area contributed by atoms with Gasteiger partial charge in [0.2, 0.25) is 0 Å². The van der Waals surface area contributed by atoms with Gasteiger partial charge in [-0.2, -0.15) is 0 Å². The van der Waals surface area contributed by atoms with Gasteiger partial charge in [-0.05, 0) is 0 Å². The molecule has 0 aliphatic carbocycles. The van der Waals surface area contributed by atoms with Crippen LogP contribution in [0.15, 0.2) is 42.7 Å². The van der Waals surface area contributed by atoms with Crippen molar-refractivity contribution in [3.8, 4) is 0 Å². The first-order chi connectivity index (χ1) is 9.88. The van der Waals surface area contributed by atoms with Gasteiger partial charge in [0.25, 0.3) is 0 Å². The van der Waals surface area contributed by atoms with Gasteiger partial charge in [0.1, 0.15) is 0 Å². The van der Waals surface area contributed by atoms with E-state index in [4.69, 9.17) is 0 Å². The average Bonchev–Trinajstić information content (AvgIpc) is 2.45. The summed E-state index contributed by atoms with van der Waals surface area (Å²) in [6.45, 7) is 2.11. The number of carbonyl (C=O) groups excluding carboxylic acids is 1. The number of aromatic nitrogens is 2. The van der Waals surface area contributed by atoms with Crippen molar-refractivity contribution in [2.75, 3.05) is 4.90 Å². The molecule has 0 fully saturated rings. The zero-order chi connectivity index (χ0) is 15.5. The van der Waals surface area contributed by atoms with Crippen LogP contribution in [-0.2, 0) is 11.3 Å². The van der Waals surface area contributed by atoms with E-state index in [-0.39, 0.29) is 5.91 Å². The normalized spacial score (nSPS) is 11.2. The van der Waals surface area contributed by atoms with Gasteiger partial charge in [-0.25, -0.2) is 0 Å². The van der Waals surface area contributed by atoms with Gasteiger partial charge in [-0.1, -0.05) is 0 Å². The molecule has 21 heavy (non-hydrogen) atoms. The molecule has 0 bridgehead atoms. The second-order valence-corrected chi connectivity index (χ2v) is 20.4. The van der Waals surface area contributed by atoms with Gasteiger partial charge < -0.3 is 0 Å². The maximum atomic E-state index is 12.0. The van der Waals surface area contributed by atoms with Crippen LogP contribution < -0.4 is 8.61 Å². The summed E-state index contributed by atoms with van der Waals surface area (Å²) in [6, 6.07) is 11.9. The van der Waals surface area contributed by atoms with Gasteiger partial charge in [0.05, 0.1) is 0 Å². The quantitative estimate of drug-likeness (QED) is 0.755. The van der Waals surface area contributed by atoms with E-state index in [1.54, 1.807) is 18.2 Å². The maximum absolute atomic E-state index is 12.0. The number of hydrogen-bond donors (Lipinski definition) is 0. The number of rotatable bonds is 4. The topological polar surface area (TPSA) is 46.1 Å². The Labute approximate surface area is 130 Å². The predicted molar refractivity (Wildman–Crippen MR) is 88.3 cm³/mol. The monoisotopic (exact) mass is 391 g/mol. The van der Waals surface area contributed by atoms with Crippen LogP contribution in [0.1, 0.15) is 12.5 Å². The SMILES string of the molecule is CC(=O)N(Cc1ccccc1)c1c[c]([Sn]([CH3])([CH3])[CH3])ncn1. The van der Waals surface area contributed by atoms with Gasteiger partial charge in [0, 0.05) is 0 Å². The molecule has 0 unspecified atom stereocenters. The number of anilines is 1. The zero-order valence-corrected chi connectivity index (χ0v) is 15.9. The van der Waals surface area contributed by atoms with E-state index in [1.807, 2.05) is 36.4 Å². The molecule has 0 atom stereocenters. The Balaban J connectivity index is 2.33. The number of amides is 1. The Morgan fingerprint density at radius 3 is 2.38 bits per heavy atom. The van der Waals surface area contributed by atoms with E-state index in [9.17, 15) is 4.79 Å². The van der Waals surface area contributed by atoms with Crippen molar-refractivity contribution in [3.63, 3.8) is 0 Å². The third kappa shape index (κ3) is 4.27. The fraction of sp³-hybridized carbons (Fsp3) is 0.312. The standard InChI is InChI=1S/C13H12N3O.3CH3.Sn/c1-11(17)16(13-7-8-14-10-15-13)9-12-5-3-2-4-6-12;;;;/h2-7,10H,9H2,1H3;3*1H3;. The fourth-order valence-electron chi connectivity index (χ4n) is 2.02. The van der Waals surface area contributed by atoms with Crippen molar-refractivity contribution in [1.29, 1.82) is 0 Å². The van der Waals surface area contributed by atoms with Crippen LogP contribution >= 0.6 is 0 Å². The van der Waals surface area contributed by atoms with Crippen molar-refractivity contribution < 1.29 is 4.79 Å². The minimum absolute atomic E-state index is 0.00684. The van der Waals surface area contributed by atoms with E-state index in [2.05, 4.69) is 24.8 Å². The first-order valence-corrected chi connectivity index (χ1v) is 17.0. The van der Waals surface area contributed by atoms with E-state index < -0.39 is 18.4 Å². The minimum atomic E-state index is -2.27. The van der Waals surface area contributed by atoms with E-state index in [0.29, 0.717) is 12.4 Å². The van der Waals surface area contributed by atoms with Crippen molar-refractivity contribution in [1.82, 2.24) is 9.97 Å². The number of hydrogen-bond acceptors (Lipinski definition) is 3. The van der Waals surface area contributed by atoms with Crippen LogP contribution in [0.4, 0.5) is 5.82 Å². The zero-order valence-electron chi connectivity index (χ0n) is 13.0. The predicted octanol–water partition coefficient (Wildman–Crippen LogP) is 2.57. The Hall–Kier alpha value is -1.43. The summed E-state index contributed by atoms with van der Waals surface area (Å²) in [5.41, 5.74) is 1.09. The van der Waals surface area contributed by atoms with E-state index >= 15 is 0 Å². The molecular formula is C16H21N3OSn. The molecule has 1 aromatic heterocycles. The van der Waals surface area contributed by atoms with Crippen LogP contribution in [-0.4, -0.2) is 34.3 Å². The summed E-state index contributed by atoms with van der Waals surface area (Å²) in [6.07, 6.45) is 1.58. The molecule has 0 aliphatic rings. The fourth-order valence-corrected chi connectivity index (χ4v) is 4.90. The first kappa shape index (κ1) is 15.9. The Bertz CT molecular complexity index is 623. The second-order valence-electron chi connectivity index (χ2n) is 6.10. The molecule has 4 nitrogen and oxygen atoms in total. The van der Waals surface area contributed by atoms with E-state index in [1.165, 1.54) is 0 Å². The summed E-state index contributed by atoms with van der Waals surface area (Å²) >= 11 is -2.27. The van der Waals surface area contributed by atoms with Crippen molar-refractivity contribution >= 4 is 33.8 Å². The Morgan fingerprint density at radius 1 is 1.14 bits per heavy atom. The summed E-state index contributed by atoms with van der Waals surface area (Å²) in [5, 5.41) is 0. The summed E-state index contributed by atoms with van der Waals surface area (Å²) in [4.78, 5) is 29.3. The summed E-state index contributed by atoms with van der Waals surface area (Å²) in [7, 11) is 0. The molecule has 0 N–H and O–H groups in total. The van der Waals surface area contributed by atoms with Gasteiger partial charge in [-0.15, -0.1) is 0 Å². The van der Waals surface area contributed by atoms with Crippen molar-refractivity contribution in [3.05, 3.63) is 48.3 Å². The summed E-state index contributed by atoms with van der Waals surface area (Å²) in [5.74, 6) is 0.690. The number of nitrogens with zero attached hydrogens (tertiary/aromatic N) is 3. The third-order valence-corrected chi connectivity index (χ3v) is 8.43. The van der Waals surface area contributed by atoms with Crippen LogP contribution in [0, 0.1) is 0 Å². The van der Waals surface area contributed by atoms with Crippen molar-refractivity contribution in [2.45, 2.75) is 28.3 Å². The summed E-state index contributed by atoms with van der Waals surface area (Å²) < 4.78 is 1.13. The molecule has 2 rings (SSSR count). The second kappa shape index (κ2) is 6.56. The molecule has 0 aliphatic heterocycles. The molecule has 1 amide bonds.